The maximum Gasteiger partial charge on any atom is -0.000228 e. The lowest BCUT2D eigenvalue weighted by Crippen LogP contribution is -2.65. The van der Waals surface area contributed by atoms with E-state index in [2.05, 4.69) is 23.5 Å². The second-order valence-corrected chi connectivity index (χ2v) is 8.16. The molecule has 0 N–H and O–H groups in total. The third-order valence-electron chi connectivity index (χ3n) is 4.63. The fraction of sp³-hybridized carbons (Fsp3) is 1.00. The van der Waals surface area contributed by atoms with Crippen LogP contribution < -0.4 is 0 Å². The van der Waals surface area contributed by atoms with Crippen molar-refractivity contribution in [2.24, 2.45) is 16.2 Å². The molecule has 2 heterocycles. The third-order valence-corrected chi connectivity index (χ3v) is 7.90. The van der Waals surface area contributed by atoms with Crippen LogP contribution in [0.2, 0.25) is 0 Å². The van der Waals surface area contributed by atoms with Crippen LogP contribution in [0.5, 0.6) is 0 Å². The maximum absolute atomic E-state index is 2.17. The van der Waals surface area contributed by atoms with Crippen LogP contribution in [-0.2, 0) is 0 Å². The zero-order chi connectivity index (χ0) is 8.57. The Bertz CT molecular complexity index is 216. The molecule has 4 fully saturated rings. The highest BCUT2D eigenvalue weighted by Crippen LogP contribution is 2.75. The molecule has 0 bridgehead atoms. The number of hydrogen-bond donors (Lipinski definition) is 0. The number of rotatable bonds is 0. The Labute approximate surface area is 88.6 Å². The van der Waals surface area contributed by atoms with Crippen molar-refractivity contribution in [1.82, 2.24) is 0 Å². The molecule has 2 saturated carbocycles. The van der Waals surface area contributed by atoms with E-state index >= 15 is 0 Å². The molecule has 2 saturated heterocycles. The van der Waals surface area contributed by atoms with Crippen LogP contribution in [0, 0.1) is 16.2 Å². The molecule has 13 heavy (non-hydrogen) atoms. The first-order chi connectivity index (χ1) is 6.24. The summed E-state index contributed by atoms with van der Waals surface area (Å²) in [6, 6.07) is 0. The zero-order valence-corrected chi connectivity index (χ0v) is 9.61. The van der Waals surface area contributed by atoms with Gasteiger partial charge in [0.15, 0.2) is 0 Å². The van der Waals surface area contributed by atoms with Gasteiger partial charge >= 0.3 is 0 Å². The smallest absolute Gasteiger partial charge is 0.000228 e. The van der Waals surface area contributed by atoms with Crippen molar-refractivity contribution in [3.05, 3.63) is 0 Å². The summed E-state index contributed by atoms with van der Waals surface area (Å²) in [6.45, 7) is 0. The van der Waals surface area contributed by atoms with Crippen molar-refractivity contribution in [1.29, 1.82) is 0 Å². The Hall–Kier alpha value is 0.700. The van der Waals surface area contributed by atoms with Gasteiger partial charge in [-0.1, -0.05) is 0 Å². The molecule has 4 aliphatic rings. The fourth-order valence-electron chi connectivity index (χ4n) is 4.52. The molecule has 72 valence electrons. The maximum atomic E-state index is 2.17. The summed E-state index contributed by atoms with van der Waals surface area (Å²) in [4.78, 5) is 0. The lowest BCUT2D eigenvalue weighted by Gasteiger charge is -2.72. The standard InChI is InChI=1S/C11H16S2/c1-9(2-10(1)5-12-6-10)3-11(4-9)7-13-8-11/h1-8H2. The summed E-state index contributed by atoms with van der Waals surface area (Å²) in [5.41, 5.74) is 2.65. The van der Waals surface area contributed by atoms with E-state index in [1.165, 1.54) is 23.0 Å². The molecule has 3 spiro atoms. The van der Waals surface area contributed by atoms with Crippen molar-refractivity contribution >= 4 is 23.5 Å². The van der Waals surface area contributed by atoms with Gasteiger partial charge in [-0.05, 0) is 64.9 Å². The highest BCUT2D eigenvalue weighted by Gasteiger charge is 2.67. The highest BCUT2D eigenvalue weighted by atomic mass is 32.2. The predicted molar refractivity (Wildman–Crippen MR) is 60.4 cm³/mol. The monoisotopic (exact) mass is 212 g/mol. The minimum absolute atomic E-state index is 0.878. The molecule has 2 heteroatoms. The summed E-state index contributed by atoms with van der Waals surface area (Å²) in [5.74, 6) is 5.99. The van der Waals surface area contributed by atoms with E-state index in [0.717, 1.165) is 16.2 Å². The molecule has 0 aromatic carbocycles. The fourth-order valence-corrected chi connectivity index (χ4v) is 6.90. The van der Waals surface area contributed by atoms with Crippen LogP contribution in [0.25, 0.3) is 0 Å². The molecular formula is C11H16S2. The molecule has 0 aromatic rings. The van der Waals surface area contributed by atoms with E-state index in [0.29, 0.717) is 0 Å². The second kappa shape index (κ2) is 2.11. The van der Waals surface area contributed by atoms with Crippen molar-refractivity contribution in [3.63, 3.8) is 0 Å². The van der Waals surface area contributed by atoms with Crippen molar-refractivity contribution < 1.29 is 0 Å². The van der Waals surface area contributed by atoms with Crippen molar-refractivity contribution in [2.45, 2.75) is 25.7 Å². The number of hydrogen-bond acceptors (Lipinski definition) is 2. The van der Waals surface area contributed by atoms with Gasteiger partial charge in [0, 0.05) is 0 Å². The largest absolute Gasteiger partial charge is 0.161 e. The average molecular weight is 212 g/mol. The van der Waals surface area contributed by atoms with Gasteiger partial charge in [-0.3, -0.25) is 0 Å². The van der Waals surface area contributed by atoms with Gasteiger partial charge in [-0.2, -0.15) is 23.5 Å². The second-order valence-electron chi connectivity index (χ2n) is 6.19. The van der Waals surface area contributed by atoms with Crippen LogP contribution >= 0.6 is 23.5 Å². The normalized spacial score (nSPS) is 40.6. The Morgan fingerprint density at radius 3 is 1.15 bits per heavy atom. The molecule has 0 aromatic heterocycles. The van der Waals surface area contributed by atoms with Crippen LogP contribution in [0.3, 0.4) is 0 Å². The first kappa shape index (κ1) is 7.92. The van der Waals surface area contributed by atoms with E-state index in [9.17, 15) is 0 Å². The molecule has 4 rings (SSSR count). The Balaban J connectivity index is 1.43. The summed E-state index contributed by atoms with van der Waals surface area (Å²) in [6.07, 6.45) is 6.44. The van der Waals surface area contributed by atoms with Gasteiger partial charge in [0.25, 0.3) is 0 Å². The lowest BCUT2D eigenvalue weighted by molar-refractivity contribution is -0.144. The summed E-state index contributed by atoms with van der Waals surface area (Å²) in [5, 5.41) is 0. The Morgan fingerprint density at radius 2 is 0.923 bits per heavy atom. The van der Waals surface area contributed by atoms with Gasteiger partial charge in [0.1, 0.15) is 0 Å². The molecule has 2 aliphatic carbocycles. The van der Waals surface area contributed by atoms with Crippen LogP contribution in [-0.4, -0.2) is 23.0 Å². The summed E-state index contributed by atoms with van der Waals surface area (Å²) < 4.78 is 0. The van der Waals surface area contributed by atoms with E-state index in [-0.39, 0.29) is 0 Å². The van der Waals surface area contributed by atoms with Gasteiger partial charge in [-0.25, -0.2) is 0 Å². The third kappa shape index (κ3) is 0.878. The van der Waals surface area contributed by atoms with Crippen LogP contribution in [0.4, 0.5) is 0 Å². The van der Waals surface area contributed by atoms with Gasteiger partial charge in [0.05, 0.1) is 0 Å². The first-order valence-corrected chi connectivity index (χ1v) is 7.71. The quantitative estimate of drug-likeness (QED) is 0.605. The highest BCUT2D eigenvalue weighted by molar-refractivity contribution is 8.00. The first-order valence-electron chi connectivity index (χ1n) is 5.40. The Morgan fingerprint density at radius 1 is 0.538 bits per heavy atom. The molecule has 0 nitrogen and oxygen atoms in total. The topological polar surface area (TPSA) is 0 Å². The van der Waals surface area contributed by atoms with Crippen molar-refractivity contribution in [3.8, 4) is 0 Å². The van der Waals surface area contributed by atoms with Crippen LogP contribution in [0.1, 0.15) is 25.7 Å². The summed E-state index contributed by atoms with van der Waals surface area (Å²) in [7, 11) is 0. The van der Waals surface area contributed by atoms with Gasteiger partial charge < -0.3 is 0 Å². The number of thioether (sulfide) groups is 2. The lowest BCUT2D eigenvalue weighted by atomic mass is 9.39. The zero-order valence-electron chi connectivity index (χ0n) is 7.97. The van der Waals surface area contributed by atoms with E-state index < -0.39 is 0 Å². The minimum Gasteiger partial charge on any atom is -0.161 e. The minimum atomic E-state index is 0.878. The predicted octanol–water partition coefficient (Wildman–Crippen LogP) is 3.03. The molecule has 0 atom stereocenters. The molecule has 2 aliphatic heterocycles. The molecule has 0 unspecified atom stereocenters. The van der Waals surface area contributed by atoms with Gasteiger partial charge in [0.2, 0.25) is 0 Å². The molecule has 0 radical (unpaired) electrons. The average Bonchev–Trinajstić information content (AvgIpc) is 1.73. The molecule has 0 amide bonds. The van der Waals surface area contributed by atoms with Crippen LogP contribution in [0.15, 0.2) is 0 Å². The SMILES string of the molecule is C1SCC12CC1(C2)CC2(CSC2)C1. The van der Waals surface area contributed by atoms with Gasteiger partial charge in [-0.15, -0.1) is 0 Å². The van der Waals surface area contributed by atoms with Crippen molar-refractivity contribution in [2.75, 3.05) is 23.0 Å². The van der Waals surface area contributed by atoms with E-state index in [1.54, 1.807) is 25.7 Å². The summed E-state index contributed by atoms with van der Waals surface area (Å²) >= 11 is 4.34. The van der Waals surface area contributed by atoms with E-state index in [4.69, 9.17) is 0 Å². The Kier molecular flexibility index (Phi) is 1.29. The van der Waals surface area contributed by atoms with E-state index in [1.807, 2.05) is 0 Å². The molecular weight excluding hydrogens is 196 g/mol.